The van der Waals surface area contributed by atoms with Crippen LogP contribution in [-0.4, -0.2) is 116 Å². The average molecular weight is 804 g/mol. The Kier molecular flexibility index (Phi) is 16.5. The summed E-state index contributed by atoms with van der Waals surface area (Å²) in [6, 6.07) is 15.4. The SMILES string of the molecule is C=CCOC12Oc3ccc(OCCN4CC4)cc3C3C(CCCCO)C(CCCCO)C=C(C(=NOCC)CC1N(CCC)C(=O)OCCOCc1ccccc1)C32. The Morgan fingerprint density at radius 1 is 1.03 bits per heavy atom. The van der Waals surface area contributed by atoms with Crippen LogP contribution in [0.15, 0.2) is 78.0 Å². The Labute approximate surface area is 344 Å². The molecule has 2 aliphatic heterocycles. The van der Waals surface area contributed by atoms with Gasteiger partial charge in [-0.15, -0.1) is 6.58 Å². The molecule has 2 fully saturated rings. The molecule has 1 saturated carbocycles. The molecule has 0 spiro atoms. The van der Waals surface area contributed by atoms with E-state index in [2.05, 4.69) is 23.6 Å². The molecule has 2 aromatic carbocycles. The van der Waals surface area contributed by atoms with Crippen molar-refractivity contribution in [1.29, 1.82) is 0 Å². The number of hydrogen-bond acceptors (Lipinski definition) is 11. The van der Waals surface area contributed by atoms with Crippen LogP contribution in [0.25, 0.3) is 0 Å². The Hall–Kier alpha value is -3.94. The van der Waals surface area contributed by atoms with Crippen molar-refractivity contribution in [2.24, 2.45) is 22.9 Å². The van der Waals surface area contributed by atoms with Crippen molar-refractivity contribution in [3.8, 4) is 11.5 Å². The van der Waals surface area contributed by atoms with Crippen LogP contribution in [0.3, 0.4) is 0 Å². The van der Waals surface area contributed by atoms with Crippen molar-refractivity contribution >= 4 is 11.8 Å². The van der Waals surface area contributed by atoms with Gasteiger partial charge in [-0.1, -0.05) is 67.4 Å². The first-order valence-electron chi connectivity index (χ1n) is 21.6. The minimum Gasteiger partial charge on any atom is -0.492 e. The summed E-state index contributed by atoms with van der Waals surface area (Å²) in [5.41, 5.74) is 3.85. The number of carbonyl (C=O) groups excluding carboxylic acids is 1. The van der Waals surface area contributed by atoms with Crippen molar-refractivity contribution in [3.63, 3.8) is 0 Å². The molecule has 2 aliphatic carbocycles. The van der Waals surface area contributed by atoms with Gasteiger partial charge in [-0.3, -0.25) is 9.80 Å². The summed E-state index contributed by atoms with van der Waals surface area (Å²) in [6.45, 7) is 13.7. The van der Waals surface area contributed by atoms with Crippen molar-refractivity contribution < 1.29 is 43.5 Å². The molecule has 2 heterocycles. The molecule has 2 N–H and O–H groups in total. The first kappa shape index (κ1) is 43.6. The first-order chi connectivity index (χ1) is 28.5. The molecular weight excluding hydrogens is 739 g/mol. The monoisotopic (exact) mass is 803 g/mol. The van der Waals surface area contributed by atoms with Crippen LogP contribution in [0.1, 0.15) is 82.3 Å². The second-order valence-electron chi connectivity index (χ2n) is 15.7. The summed E-state index contributed by atoms with van der Waals surface area (Å²) in [7, 11) is 0. The molecule has 0 aromatic heterocycles. The average Bonchev–Trinajstić information content (AvgIpc) is 4.07. The van der Waals surface area contributed by atoms with Crippen molar-refractivity contribution in [3.05, 3.63) is 84.0 Å². The molecular formula is C46H65N3O9. The second kappa shape index (κ2) is 21.9. The number of aliphatic hydroxyl groups excluding tert-OH is 2. The van der Waals surface area contributed by atoms with Crippen LogP contribution in [0.4, 0.5) is 4.79 Å². The lowest BCUT2D eigenvalue weighted by molar-refractivity contribution is -0.255. The van der Waals surface area contributed by atoms with Gasteiger partial charge < -0.3 is 38.7 Å². The number of carbonyl (C=O) groups is 1. The van der Waals surface area contributed by atoms with Gasteiger partial charge in [0.05, 0.1) is 31.5 Å². The van der Waals surface area contributed by atoms with E-state index in [0.29, 0.717) is 57.8 Å². The van der Waals surface area contributed by atoms with Crippen LogP contribution >= 0.6 is 0 Å². The molecule has 6 rings (SSSR count). The van der Waals surface area contributed by atoms with Crippen LogP contribution < -0.4 is 9.47 Å². The van der Waals surface area contributed by atoms with Crippen LogP contribution in [0.2, 0.25) is 0 Å². The highest BCUT2D eigenvalue weighted by molar-refractivity contribution is 6.03. The Morgan fingerprint density at radius 2 is 1.83 bits per heavy atom. The van der Waals surface area contributed by atoms with Crippen LogP contribution in [-0.2, 0) is 25.7 Å². The van der Waals surface area contributed by atoms with Gasteiger partial charge in [-0.25, -0.2) is 4.79 Å². The number of fused-ring (bicyclic) bond motifs is 2. The summed E-state index contributed by atoms with van der Waals surface area (Å²) < 4.78 is 32.5. The van der Waals surface area contributed by atoms with Gasteiger partial charge in [0, 0.05) is 57.3 Å². The van der Waals surface area contributed by atoms with E-state index >= 15 is 0 Å². The van der Waals surface area contributed by atoms with Gasteiger partial charge in [-0.05, 0) is 80.2 Å². The minimum atomic E-state index is -1.34. The molecule has 0 radical (unpaired) electrons. The van der Waals surface area contributed by atoms with E-state index in [9.17, 15) is 15.0 Å². The third-order valence-electron chi connectivity index (χ3n) is 11.8. The highest BCUT2D eigenvalue weighted by Crippen LogP contribution is 2.62. The van der Waals surface area contributed by atoms with E-state index in [-0.39, 0.29) is 56.7 Å². The predicted octanol–water partition coefficient (Wildman–Crippen LogP) is 7.10. The Bertz CT molecular complexity index is 1670. The normalized spacial score (nSPS) is 25.2. The summed E-state index contributed by atoms with van der Waals surface area (Å²) in [5, 5.41) is 24.5. The maximum Gasteiger partial charge on any atom is 0.410 e. The fraction of sp³-hybridized carbons (Fsp3) is 0.609. The standard InChI is InChI=1S/C46H65N3O9/c1-4-20-49(45(52)55-29-28-53-33-34-14-8-7-9-15-34)42-32-40(47-57-6-3)38-30-35(16-10-12-24-50)37(17-11-13-25-51)43-39-31-36(54-27-23-48-21-22-48)18-19-41(39)58-46(42,44(38)43)56-26-5-2/h5,7-9,14-15,18-19,30-31,35,37,42-44,50-51H,2,4,6,10-13,16-17,20-29,32-33H2,1,3H3. The van der Waals surface area contributed by atoms with Gasteiger partial charge in [0.1, 0.15) is 37.4 Å². The fourth-order valence-electron chi connectivity index (χ4n) is 9.12. The number of unbranched alkanes of at least 4 members (excludes halogenated alkanes) is 2. The van der Waals surface area contributed by atoms with E-state index < -0.39 is 17.9 Å². The molecule has 12 heteroatoms. The molecule has 1 saturated heterocycles. The number of amides is 1. The summed E-state index contributed by atoms with van der Waals surface area (Å²) in [4.78, 5) is 24.3. The zero-order valence-corrected chi connectivity index (χ0v) is 34.6. The van der Waals surface area contributed by atoms with Crippen molar-refractivity contribution in [2.75, 3.05) is 72.4 Å². The zero-order chi connectivity index (χ0) is 40.7. The molecule has 2 aromatic rings. The quantitative estimate of drug-likeness (QED) is 0.0464. The van der Waals surface area contributed by atoms with Crippen molar-refractivity contribution in [1.82, 2.24) is 9.80 Å². The first-order valence-corrected chi connectivity index (χ1v) is 21.6. The van der Waals surface area contributed by atoms with Gasteiger partial charge in [-0.2, -0.15) is 0 Å². The lowest BCUT2D eigenvalue weighted by atomic mass is 9.55. The highest BCUT2D eigenvalue weighted by Gasteiger charge is 2.65. The smallest absolute Gasteiger partial charge is 0.410 e. The number of hydrogen-bond donors (Lipinski definition) is 2. The van der Waals surface area contributed by atoms with Crippen LogP contribution in [0, 0.1) is 17.8 Å². The van der Waals surface area contributed by atoms with Gasteiger partial charge >= 0.3 is 6.09 Å². The van der Waals surface area contributed by atoms with Gasteiger partial charge in [0.25, 0.3) is 0 Å². The molecule has 6 atom stereocenters. The number of nitrogens with zero attached hydrogens (tertiary/aromatic N) is 3. The van der Waals surface area contributed by atoms with Crippen molar-refractivity contribution in [2.45, 2.75) is 89.6 Å². The number of ether oxygens (including phenoxy) is 5. The zero-order valence-electron chi connectivity index (χ0n) is 34.6. The summed E-state index contributed by atoms with van der Waals surface area (Å²) >= 11 is 0. The maximum absolute atomic E-state index is 14.4. The van der Waals surface area contributed by atoms with E-state index in [1.54, 1.807) is 11.0 Å². The molecule has 0 bridgehead atoms. The molecule has 1 amide bonds. The second-order valence-corrected chi connectivity index (χ2v) is 15.7. The fourth-order valence-corrected chi connectivity index (χ4v) is 9.12. The topological polar surface area (TPSA) is 132 Å². The molecule has 318 valence electrons. The highest BCUT2D eigenvalue weighted by atomic mass is 16.7. The molecule has 4 aliphatic rings. The maximum atomic E-state index is 14.4. The lowest BCUT2D eigenvalue weighted by Gasteiger charge is -2.59. The third-order valence-corrected chi connectivity index (χ3v) is 11.8. The predicted molar refractivity (Wildman–Crippen MR) is 223 cm³/mol. The van der Waals surface area contributed by atoms with E-state index in [0.717, 1.165) is 73.5 Å². The van der Waals surface area contributed by atoms with Gasteiger partial charge in [0.2, 0.25) is 5.79 Å². The van der Waals surface area contributed by atoms with E-state index in [4.69, 9.17) is 33.7 Å². The molecule has 12 nitrogen and oxygen atoms in total. The third kappa shape index (κ3) is 10.6. The summed E-state index contributed by atoms with van der Waals surface area (Å²) in [6.07, 6.45) is 9.46. The lowest BCUT2D eigenvalue weighted by Crippen LogP contribution is -2.70. The molecule has 6 unspecified atom stereocenters. The van der Waals surface area contributed by atoms with E-state index in [1.807, 2.05) is 56.3 Å². The van der Waals surface area contributed by atoms with Gasteiger partial charge in [0.15, 0.2) is 0 Å². The number of rotatable bonds is 25. The summed E-state index contributed by atoms with van der Waals surface area (Å²) in [5.74, 6) is -0.0989. The number of allylic oxidation sites excluding steroid dienone is 1. The number of oxime groups is 1. The number of benzene rings is 2. The Morgan fingerprint density at radius 3 is 2.55 bits per heavy atom. The molecule has 58 heavy (non-hydrogen) atoms. The minimum absolute atomic E-state index is 0.0862. The Balaban J connectivity index is 1.42. The largest absolute Gasteiger partial charge is 0.492 e. The van der Waals surface area contributed by atoms with E-state index in [1.165, 1.54) is 0 Å². The van der Waals surface area contributed by atoms with Crippen LogP contribution in [0.5, 0.6) is 11.5 Å². The number of aliphatic hydroxyl groups is 2.